The topological polar surface area (TPSA) is 80.6 Å². The monoisotopic (exact) mass is 447 g/mol. The van der Waals surface area contributed by atoms with E-state index in [4.69, 9.17) is 4.74 Å². The molecule has 1 aliphatic rings. The molecule has 8 heteroatoms. The summed E-state index contributed by atoms with van der Waals surface area (Å²) in [7, 11) is 0. The molecular formula is C25H29N5O3. The lowest BCUT2D eigenvalue weighted by Gasteiger charge is -2.23. The molecule has 33 heavy (non-hydrogen) atoms. The third-order valence-electron chi connectivity index (χ3n) is 5.80. The van der Waals surface area contributed by atoms with Crippen molar-refractivity contribution in [1.29, 1.82) is 0 Å². The number of para-hydroxylation sites is 1. The zero-order valence-electron chi connectivity index (χ0n) is 19.1. The minimum absolute atomic E-state index is 0.0153. The van der Waals surface area contributed by atoms with Gasteiger partial charge in [0.1, 0.15) is 5.82 Å². The number of carbonyl (C=O) groups is 2. The first-order valence-corrected chi connectivity index (χ1v) is 11.4. The number of rotatable bonds is 6. The number of hydrogen-bond donors (Lipinski definition) is 0. The highest BCUT2D eigenvalue weighted by Gasteiger charge is 2.25. The molecule has 0 unspecified atom stereocenters. The van der Waals surface area contributed by atoms with Gasteiger partial charge in [0.25, 0.3) is 5.91 Å². The predicted molar refractivity (Wildman–Crippen MR) is 126 cm³/mol. The highest BCUT2D eigenvalue weighted by atomic mass is 16.5. The number of benzene rings is 1. The number of aromatic nitrogens is 3. The van der Waals surface area contributed by atoms with Crippen LogP contribution in [0.4, 0.5) is 5.82 Å². The quantitative estimate of drug-likeness (QED) is 0.539. The van der Waals surface area contributed by atoms with Crippen molar-refractivity contribution < 1.29 is 14.3 Å². The van der Waals surface area contributed by atoms with Crippen LogP contribution in [0.15, 0.2) is 54.9 Å². The van der Waals surface area contributed by atoms with Gasteiger partial charge >= 0.3 is 5.97 Å². The lowest BCUT2D eigenvalue weighted by Crippen LogP contribution is -2.35. The molecule has 1 saturated heterocycles. The molecule has 172 valence electrons. The van der Waals surface area contributed by atoms with Crippen molar-refractivity contribution in [1.82, 2.24) is 19.7 Å². The number of nitrogens with zero attached hydrogens (tertiary/aromatic N) is 5. The van der Waals surface area contributed by atoms with E-state index in [1.54, 1.807) is 25.4 Å². The first-order chi connectivity index (χ1) is 16.1. The van der Waals surface area contributed by atoms with Crippen LogP contribution < -0.4 is 4.90 Å². The lowest BCUT2D eigenvalue weighted by atomic mass is 10.1. The summed E-state index contributed by atoms with van der Waals surface area (Å²) in [5.74, 6) is 0.442. The van der Waals surface area contributed by atoms with E-state index in [0.29, 0.717) is 43.8 Å². The van der Waals surface area contributed by atoms with Gasteiger partial charge < -0.3 is 14.5 Å². The molecule has 0 saturated carbocycles. The highest BCUT2D eigenvalue weighted by molar-refractivity contribution is 5.95. The molecule has 0 aliphatic carbocycles. The molecule has 1 aromatic carbocycles. The number of ether oxygens (including phenoxy) is 1. The smallest absolute Gasteiger partial charge is 0.339 e. The summed E-state index contributed by atoms with van der Waals surface area (Å²) < 4.78 is 6.87. The third kappa shape index (κ3) is 4.89. The van der Waals surface area contributed by atoms with Crippen LogP contribution in [-0.4, -0.2) is 64.3 Å². The van der Waals surface area contributed by atoms with E-state index in [1.165, 1.54) is 0 Å². The van der Waals surface area contributed by atoms with E-state index in [1.807, 2.05) is 52.9 Å². The van der Waals surface area contributed by atoms with E-state index in [2.05, 4.69) is 15.0 Å². The Balaban J connectivity index is 1.45. The van der Waals surface area contributed by atoms with Gasteiger partial charge in [-0.3, -0.25) is 4.79 Å². The Kier molecular flexibility index (Phi) is 7.02. The van der Waals surface area contributed by atoms with Gasteiger partial charge in [-0.15, -0.1) is 0 Å². The molecule has 1 fully saturated rings. The summed E-state index contributed by atoms with van der Waals surface area (Å²) in [5.41, 5.74) is 2.97. The van der Waals surface area contributed by atoms with Gasteiger partial charge in [0, 0.05) is 32.4 Å². The van der Waals surface area contributed by atoms with Crippen molar-refractivity contribution in [3.63, 3.8) is 0 Å². The summed E-state index contributed by atoms with van der Waals surface area (Å²) in [6.07, 6.45) is 4.78. The standard InChI is InChI=1S/C25H29N5O3/c1-3-22-21(18-27-30(22)20-9-6-5-7-10-20)24(31)29-14-8-13-28(15-16-29)23-12-11-19(17-26-23)25(32)33-4-2/h5-7,9-12,17-18H,3-4,8,13-16H2,1-2H3. The minimum Gasteiger partial charge on any atom is -0.462 e. The van der Waals surface area contributed by atoms with Crippen molar-refractivity contribution >= 4 is 17.7 Å². The van der Waals surface area contributed by atoms with Gasteiger partial charge in [-0.05, 0) is 44.0 Å². The Morgan fingerprint density at radius 3 is 2.48 bits per heavy atom. The SMILES string of the molecule is CCOC(=O)c1ccc(N2CCCN(C(=O)c3cnn(-c4ccccc4)c3CC)CC2)nc1. The van der Waals surface area contributed by atoms with Gasteiger partial charge in [-0.1, -0.05) is 25.1 Å². The van der Waals surface area contributed by atoms with Gasteiger partial charge in [0.2, 0.25) is 0 Å². The van der Waals surface area contributed by atoms with Crippen molar-refractivity contribution in [2.75, 3.05) is 37.7 Å². The molecule has 0 bridgehead atoms. The summed E-state index contributed by atoms with van der Waals surface area (Å²) in [6, 6.07) is 13.5. The zero-order valence-corrected chi connectivity index (χ0v) is 19.1. The molecule has 3 aromatic rings. The van der Waals surface area contributed by atoms with Gasteiger partial charge in [0.05, 0.1) is 35.3 Å². The maximum atomic E-state index is 13.4. The fourth-order valence-corrected chi connectivity index (χ4v) is 4.11. The molecule has 0 radical (unpaired) electrons. The van der Waals surface area contributed by atoms with E-state index in [0.717, 1.165) is 30.2 Å². The summed E-state index contributed by atoms with van der Waals surface area (Å²) in [5, 5.41) is 4.51. The third-order valence-corrected chi connectivity index (χ3v) is 5.80. The van der Waals surface area contributed by atoms with E-state index in [-0.39, 0.29) is 11.9 Å². The summed E-state index contributed by atoms with van der Waals surface area (Å²) >= 11 is 0. The van der Waals surface area contributed by atoms with E-state index < -0.39 is 0 Å². The zero-order chi connectivity index (χ0) is 23.2. The minimum atomic E-state index is -0.369. The average Bonchev–Trinajstić information content (AvgIpc) is 3.13. The van der Waals surface area contributed by atoms with Crippen LogP contribution in [0.3, 0.4) is 0 Å². The summed E-state index contributed by atoms with van der Waals surface area (Å²) in [4.78, 5) is 33.7. The molecule has 2 aromatic heterocycles. The molecule has 0 atom stereocenters. The van der Waals surface area contributed by atoms with Crippen LogP contribution in [0.5, 0.6) is 0 Å². The second-order valence-electron chi connectivity index (χ2n) is 7.86. The first-order valence-electron chi connectivity index (χ1n) is 11.4. The average molecular weight is 448 g/mol. The number of pyridine rings is 1. The van der Waals surface area contributed by atoms with Crippen LogP contribution in [0, 0.1) is 0 Å². The van der Waals surface area contributed by atoms with Crippen LogP contribution in [0.25, 0.3) is 5.69 Å². The van der Waals surface area contributed by atoms with Crippen LogP contribution in [-0.2, 0) is 11.2 Å². The summed E-state index contributed by atoms with van der Waals surface area (Å²) in [6.45, 7) is 6.89. The Bertz CT molecular complexity index is 1090. The molecule has 0 spiro atoms. The molecule has 3 heterocycles. The fourth-order valence-electron chi connectivity index (χ4n) is 4.11. The fraction of sp³-hybridized carbons (Fsp3) is 0.360. The molecule has 1 amide bonds. The lowest BCUT2D eigenvalue weighted by molar-refractivity contribution is 0.0525. The van der Waals surface area contributed by atoms with Crippen molar-refractivity contribution in [2.45, 2.75) is 26.7 Å². The van der Waals surface area contributed by atoms with Crippen molar-refractivity contribution in [3.05, 3.63) is 71.7 Å². The molecular weight excluding hydrogens is 418 g/mol. The molecule has 4 rings (SSSR count). The Morgan fingerprint density at radius 1 is 0.970 bits per heavy atom. The van der Waals surface area contributed by atoms with Crippen LogP contribution in [0.1, 0.15) is 46.7 Å². The molecule has 1 aliphatic heterocycles. The van der Waals surface area contributed by atoms with Crippen LogP contribution in [0.2, 0.25) is 0 Å². The van der Waals surface area contributed by atoms with Gasteiger partial charge in [-0.2, -0.15) is 5.10 Å². The van der Waals surface area contributed by atoms with Crippen molar-refractivity contribution in [3.8, 4) is 5.69 Å². The van der Waals surface area contributed by atoms with E-state index in [9.17, 15) is 9.59 Å². The maximum Gasteiger partial charge on any atom is 0.339 e. The highest BCUT2D eigenvalue weighted by Crippen LogP contribution is 2.20. The van der Waals surface area contributed by atoms with Crippen LogP contribution >= 0.6 is 0 Å². The molecule has 0 N–H and O–H groups in total. The number of anilines is 1. The second kappa shape index (κ2) is 10.3. The Hall–Kier alpha value is -3.68. The Labute approximate surface area is 193 Å². The first kappa shape index (κ1) is 22.5. The van der Waals surface area contributed by atoms with E-state index >= 15 is 0 Å². The second-order valence-corrected chi connectivity index (χ2v) is 7.86. The Morgan fingerprint density at radius 2 is 1.79 bits per heavy atom. The van der Waals surface area contributed by atoms with Crippen molar-refractivity contribution in [2.24, 2.45) is 0 Å². The van der Waals surface area contributed by atoms with Gasteiger partial charge in [-0.25, -0.2) is 14.5 Å². The predicted octanol–water partition coefficient (Wildman–Crippen LogP) is 3.36. The number of esters is 1. The normalized spacial score (nSPS) is 14.1. The largest absolute Gasteiger partial charge is 0.462 e. The molecule has 8 nitrogen and oxygen atoms in total. The van der Waals surface area contributed by atoms with Gasteiger partial charge in [0.15, 0.2) is 0 Å². The number of carbonyl (C=O) groups excluding carboxylic acids is 2. The number of amides is 1. The maximum absolute atomic E-state index is 13.4. The number of hydrogen-bond acceptors (Lipinski definition) is 6.